The Kier molecular flexibility index (Phi) is 8.43. The quantitative estimate of drug-likeness (QED) is 0.299. The number of alkyl halides is 1. The van der Waals surface area contributed by atoms with E-state index in [0.29, 0.717) is 11.5 Å². The van der Waals surface area contributed by atoms with Crippen molar-refractivity contribution in [3.05, 3.63) is 63.9 Å². The fourth-order valence-electron chi connectivity index (χ4n) is 3.91. The lowest BCUT2D eigenvalue weighted by atomic mass is 9.78. The summed E-state index contributed by atoms with van der Waals surface area (Å²) in [5.41, 5.74) is 2.26. The lowest BCUT2D eigenvalue weighted by molar-refractivity contribution is -0.116. The van der Waals surface area contributed by atoms with Gasteiger partial charge in [-0.3, -0.25) is 9.59 Å². The summed E-state index contributed by atoms with van der Waals surface area (Å²) < 4.78 is 22.3. The highest BCUT2D eigenvalue weighted by atomic mass is 79.9. The van der Waals surface area contributed by atoms with Gasteiger partial charge in [0.1, 0.15) is 34.5 Å². The lowest BCUT2D eigenvalue weighted by Gasteiger charge is -2.29. The Bertz CT molecular complexity index is 1060. The van der Waals surface area contributed by atoms with E-state index in [1.54, 1.807) is 6.07 Å². The molecule has 0 heterocycles. The van der Waals surface area contributed by atoms with Crippen LogP contribution in [0.4, 0.5) is 0 Å². The zero-order chi connectivity index (χ0) is 24.1. The van der Waals surface area contributed by atoms with Crippen LogP contribution >= 0.6 is 27.5 Å². The topological polar surface area (TPSA) is 71.1 Å². The minimum atomic E-state index is -0.697. The van der Waals surface area contributed by atoms with Crippen molar-refractivity contribution in [1.29, 1.82) is 0 Å². The van der Waals surface area contributed by atoms with Crippen LogP contribution in [-0.4, -0.2) is 32.9 Å². The van der Waals surface area contributed by atoms with E-state index in [0.717, 1.165) is 16.5 Å². The summed E-state index contributed by atoms with van der Waals surface area (Å²) >= 11 is 9.85. The maximum atomic E-state index is 13.8. The third-order valence-electron chi connectivity index (χ3n) is 5.61. The molecule has 33 heavy (non-hydrogen) atoms. The van der Waals surface area contributed by atoms with Gasteiger partial charge in [0, 0.05) is 23.9 Å². The van der Waals surface area contributed by atoms with Crippen LogP contribution in [0.15, 0.2) is 42.2 Å². The summed E-state index contributed by atoms with van der Waals surface area (Å²) in [5.74, 6) is -0.277. The van der Waals surface area contributed by atoms with Crippen molar-refractivity contribution in [3.8, 4) is 17.2 Å². The summed E-state index contributed by atoms with van der Waals surface area (Å²) in [4.78, 5) is 26.1. The molecule has 2 aromatic rings. The highest BCUT2D eigenvalue weighted by molar-refractivity contribution is 9.08. The smallest absolute Gasteiger partial charge is 0.181 e. The molecule has 0 fully saturated rings. The van der Waals surface area contributed by atoms with E-state index >= 15 is 0 Å². The molecule has 0 aliphatic heterocycles. The maximum absolute atomic E-state index is 13.8. The Morgan fingerprint density at radius 3 is 2.27 bits per heavy atom. The summed E-state index contributed by atoms with van der Waals surface area (Å²) in [6.45, 7) is 2.08. The number of benzene rings is 2. The standard InChI is InChI=1S/C25H26BrClO6/c1-14-9-17(28)10-19(33-13-16-7-5-15(12-26)6-8-16)21(14)24(29)22-18(30-2)11-20(31-3)23(27)25(22)32-4/h5-8,10-11,14,21H,9,12-13H2,1-4H3/t14-,21-/m1/s1. The Hall–Kier alpha value is -2.51. The van der Waals surface area contributed by atoms with Crippen molar-refractivity contribution >= 4 is 39.1 Å². The molecule has 0 radical (unpaired) electrons. The van der Waals surface area contributed by atoms with Gasteiger partial charge in [0.15, 0.2) is 17.3 Å². The van der Waals surface area contributed by atoms with Crippen LogP contribution in [0, 0.1) is 11.8 Å². The Morgan fingerprint density at radius 1 is 1.06 bits per heavy atom. The van der Waals surface area contributed by atoms with Crippen molar-refractivity contribution in [3.63, 3.8) is 0 Å². The molecule has 0 saturated heterocycles. The average molecular weight is 538 g/mol. The molecule has 0 bridgehead atoms. The van der Waals surface area contributed by atoms with Gasteiger partial charge in [0.05, 0.1) is 27.2 Å². The predicted molar refractivity (Wildman–Crippen MR) is 130 cm³/mol. The number of rotatable bonds is 9. The molecule has 0 amide bonds. The molecule has 3 rings (SSSR count). The highest BCUT2D eigenvalue weighted by Gasteiger charge is 2.39. The minimum absolute atomic E-state index is 0.0807. The highest BCUT2D eigenvalue weighted by Crippen LogP contribution is 2.45. The number of hydrogen-bond acceptors (Lipinski definition) is 6. The maximum Gasteiger partial charge on any atom is 0.181 e. The second-order valence-electron chi connectivity index (χ2n) is 7.78. The SMILES string of the molecule is COc1cc(OC)c(C(=O)[C@H]2C(OCc3ccc(CBr)cc3)=CC(=O)C[C@H]2C)c(OC)c1Cl. The van der Waals surface area contributed by atoms with Crippen LogP contribution in [0.25, 0.3) is 0 Å². The molecule has 8 heteroatoms. The van der Waals surface area contributed by atoms with Gasteiger partial charge in [-0.1, -0.05) is 58.7 Å². The van der Waals surface area contributed by atoms with Crippen molar-refractivity contribution in [1.82, 2.24) is 0 Å². The van der Waals surface area contributed by atoms with Crippen molar-refractivity contribution < 1.29 is 28.5 Å². The largest absolute Gasteiger partial charge is 0.496 e. The number of methoxy groups -OCH3 is 3. The van der Waals surface area contributed by atoms with Gasteiger partial charge in [-0.05, 0) is 17.0 Å². The number of ketones is 2. The Morgan fingerprint density at radius 2 is 1.70 bits per heavy atom. The zero-order valence-electron chi connectivity index (χ0n) is 18.9. The average Bonchev–Trinajstić information content (AvgIpc) is 2.81. The van der Waals surface area contributed by atoms with Gasteiger partial charge in [-0.2, -0.15) is 0 Å². The monoisotopic (exact) mass is 536 g/mol. The molecule has 6 nitrogen and oxygen atoms in total. The van der Waals surface area contributed by atoms with Crippen LogP contribution in [-0.2, 0) is 21.5 Å². The van der Waals surface area contributed by atoms with Gasteiger partial charge in [0.25, 0.3) is 0 Å². The van der Waals surface area contributed by atoms with Gasteiger partial charge in [-0.25, -0.2) is 0 Å². The van der Waals surface area contributed by atoms with E-state index in [-0.39, 0.29) is 52.6 Å². The van der Waals surface area contributed by atoms with E-state index in [4.69, 9.17) is 30.5 Å². The Labute approximate surface area is 206 Å². The number of ether oxygens (including phenoxy) is 4. The van der Waals surface area contributed by atoms with Crippen LogP contribution in [0.5, 0.6) is 17.2 Å². The van der Waals surface area contributed by atoms with E-state index in [9.17, 15) is 9.59 Å². The first-order valence-electron chi connectivity index (χ1n) is 10.4. The molecule has 0 N–H and O–H groups in total. The van der Waals surface area contributed by atoms with E-state index in [2.05, 4.69) is 15.9 Å². The fraction of sp³-hybridized carbons (Fsp3) is 0.360. The fourth-order valence-corrected chi connectivity index (χ4v) is 4.59. The molecule has 176 valence electrons. The second-order valence-corrected chi connectivity index (χ2v) is 8.72. The summed E-state index contributed by atoms with van der Waals surface area (Å²) in [6, 6.07) is 9.45. The molecule has 1 aliphatic rings. The molecule has 0 unspecified atom stereocenters. The number of Topliss-reactive ketones (excluding diaryl/α,β-unsaturated/α-hetero) is 1. The first-order valence-corrected chi connectivity index (χ1v) is 11.9. The number of carbonyl (C=O) groups is 2. The van der Waals surface area contributed by atoms with Gasteiger partial charge in [0.2, 0.25) is 0 Å². The van der Waals surface area contributed by atoms with Gasteiger partial charge >= 0.3 is 0 Å². The van der Waals surface area contributed by atoms with E-state index in [1.165, 1.54) is 27.4 Å². The summed E-state index contributed by atoms with van der Waals surface area (Å²) in [6.07, 6.45) is 1.65. The molecule has 1 aliphatic carbocycles. The second kappa shape index (κ2) is 11.1. The number of carbonyl (C=O) groups excluding carboxylic acids is 2. The van der Waals surface area contributed by atoms with Gasteiger partial charge in [-0.15, -0.1) is 0 Å². The number of hydrogen-bond donors (Lipinski definition) is 0. The van der Waals surface area contributed by atoms with Crippen LogP contribution in [0.2, 0.25) is 5.02 Å². The summed E-state index contributed by atoms with van der Waals surface area (Å²) in [5, 5.41) is 0.928. The first kappa shape index (κ1) is 25.1. The van der Waals surface area contributed by atoms with E-state index in [1.807, 2.05) is 31.2 Å². The van der Waals surface area contributed by atoms with Crippen molar-refractivity contribution in [2.45, 2.75) is 25.3 Å². The van der Waals surface area contributed by atoms with Crippen molar-refractivity contribution in [2.75, 3.05) is 21.3 Å². The van der Waals surface area contributed by atoms with Crippen molar-refractivity contribution in [2.24, 2.45) is 11.8 Å². The molecule has 0 spiro atoms. The molecule has 2 aromatic carbocycles. The van der Waals surface area contributed by atoms with Crippen LogP contribution < -0.4 is 14.2 Å². The summed E-state index contributed by atoms with van der Waals surface area (Å²) in [7, 11) is 4.35. The lowest BCUT2D eigenvalue weighted by Crippen LogP contribution is -2.31. The third kappa shape index (κ3) is 5.36. The molecule has 0 saturated carbocycles. The minimum Gasteiger partial charge on any atom is -0.496 e. The van der Waals surface area contributed by atoms with E-state index < -0.39 is 5.92 Å². The van der Waals surface area contributed by atoms with Crippen LogP contribution in [0.1, 0.15) is 34.8 Å². The number of halogens is 2. The third-order valence-corrected chi connectivity index (χ3v) is 6.61. The normalized spacial score (nSPS) is 17.9. The van der Waals surface area contributed by atoms with Crippen LogP contribution in [0.3, 0.4) is 0 Å². The molecule has 2 atom stereocenters. The molecular weight excluding hydrogens is 512 g/mol. The molecule has 0 aromatic heterocycles. The zero-order valence-corrected chi connectivity index (χ0v) is 21.3. The predicted octanol–water partition coefficient (Wildman–Crippen LogP) is 5.77. The Balaban J connectivity index is 1.98. The van der Waals surface area contributed by atoms with Gasteiger partial charge < -0.3 is 18.9 Å². The molecular formula is C25H26BrClO6. The first-order chi connectivity index (χ1) is 15.8. The number of allylic oxidation sites excluding steroid dienone is 2.